The fraction of sp³-hybridized carbons (Fsp3) is 0.731. The van der Waals surface area contributed by atoms with Gasteiger partial charge in [-0.05, 0) is 82.8 Å². The highest BCUT2D eigenvalue weighted by molar-refractivity contribution is 5.86. The standard InChI is InChI=1S/C26H35F3N4O3/c1-15-14-32(6-7-33(15)20-5-4-19(13-30-20)26(27,28)29)24(2,3)22(34)31-21-17-8-16-9-18(21)12-25(10-16,11-17)23(35)36/h4-5,13,15-18,21H,6-12,14H2,1-3H3,(H,31,34)(H,35,36). The first-order chi connectivity index (χ1) is 16.8. The SMILES string of the molecule is CC1CN(C(C)(C)C(=O)NC2C3CC4CC2CC(C(=O)O)(C4)C3)CCN1c1ccc(C(F)(F)F)cn1. The Kier molecular flexibility index (Phi) is 6.04. The van der Waals surface area contributed by atoms with Crippen molar-refractivity contribution in [1.82, 2.24) is 15.2 Å². The monoisotopic (exact) mass is 508 g/mol. The zero-order valence-corrected chi connectivity index (χ0v) is 21.0. The lowest BCUT2D eigenvalue weighted by molar-refractivity contribution is -0.168. The molecule has 4 saturated carbocycles. The maximum Gasteiger partial charge on any atom is 0.417 e. The van der Waals surface area contributed by atoms with Crippen molar-refractivity contribution in [1.29, 1.82) is 0 Å². The quantitative estimate of drug-likeness (QED) is 0.630. The summed E-state index contributed by atoms with van der Waals surface area (Å²) in [5, 5.41) is 13.2. The number of pyridine rings is 1. The molecule has 1 aromatic heterocycles. The third kappa shape index (κ3) is 4.25. The predicted molar refractivity (Wildman–Crippen MR) is 127 cm³/mol. The van der Waals surface area contributed by atoms with Crippen LogP contribution in [-0.2, 0) is 15.8 Å². The van der Waals surface area contributed by atoms with Crippen LogP contribution in [0.2, 0.25) is 0 Å². The van der Waals surface area contributed by atoms with Gasteiger partial charge < -0.3 is 15.3 Å². The molecular formula is C26H35F3N4O3. The number of alkyl halides is 3. The van der Waals surface area contributed by atoms with Gasteiger partial charge in [0.25, 0.3) is 0 Å². The molecule has 36 heavy (non-hydrogen) atoms. The first-order valence-corrected chi connectivity index (χ1v) is 12.9. The van der Waals surface area contributed by atoms with Crippen molar-refractivity contribution < 1.29 is 27.9 Å². The van der Waals surface area contributed by atoms with Crippen LogP contribution in [0.3, 0.4) is 0 Å². The number of piperazine rings is 1. The number of amides is 1. The number of carboxylic acids is 1. The second kappa shape index (κ2) is 8.60. The summed E-state index contributed by atoms with van der Waals surface area (Å²) in [5.74, 6) is 0.659. The molecule has 5 fully saturated rings. The number of carbonyl (C=O) groups excluding carboxylic acids is 1. The zero-order chi connectivity index (χ0) is 26.0. The van der Waals surface area contributed by atoms with Gasteiger partial charge in [-0.15, -0.1) is 0 Å². The first-order valence-electron chi connectivity index (χ1n) is 12.9. The Morgan fingerprint density at radius 1 is 1.11 bits per heavy atom. The number of hydrogen-bond donors (Lipinski definition) is 2. The van der Waals surface area contributed by atoms with E-state index in [2.05, 4.69) is 15.2 Å². The fourth-order valence-corrected chi connectivity index (χ4v) is 7.52. The van der Waals surface area contributed by atoms with E-state index >= 15 is 0 Å². The number of aromatic nitrogens is 1. The molecule has 2 N–H and O–H groups in total. The highest BCUT2D eigenvalue weighted by Crippen LogP contribution is 2.60. The molecule has 1 aromatic rings. The van der Waals surface area contributed by atoms with Gasteiger partial charge in [0.05, 0.1) is 16.5 Å². The maximum absolute atomic E-state index is 13.6. The van der Waals surface area contributed by atoms with Crippen LogP contribution in [-0.4, -0.2) is 64.1 Å². The number of carbonyl (C=O) groups is 2. The second-order valence-electron chi connectivity index (χ2n) is 12.0. The molecule has 4 aliphatic carbocycles. The number of rotatable bonds is 5. The molecule has 0 radical (unpaired) electrons. The summed E-state index contributed by atoms with van der Waals surface area (Å²) >= 11 is 0. The van der Waals surface area contributed by atoms with Crippen molar-refractivity contribution in [2.45, 2.75) is 76.7 Å². The van der Waals surface area contributed by atoms with Gasteiger partial charge in [-0.25, -0.2) is 4.98 Å². The van der Waals surface area contributed by atoms with Crippen LogP contribution in [0, 0.1) is 23.2 Å². The van der Waals surface area contributed by atoms with E-state index in [0.717, 1.165) is 31.5 Å². The summed E-state index contributed by atoms with van der Waals surface area (Å²) in [7, 11) is 0. The highest BCUT2D eigenvalue weighted by atomic mass is 19.4. The van der Waals surface area contributed by atoms with E-state index in [4.69, 9.17) is 0 Å². The number of hydrogen-bond acceptors (Lipinski definition) is 5. The number of aliphatic carboxylic acids is 1. The Morgan fingerprint density at radius 2 is 1.78 bits per heavy atom. The smallest absolute Gasteiger partial charge is 0.417 e. The van der Waals surface area contributed by atoms with E-state index in [9.17, 15) is 27.9 Å². The van der Waals surface area contributed by atoms with Gasteiger partial charge in [0.1, 0.15) is 5.82 Å². The lowest BCUT2D eigenvalue weighted by Crippen LogP contribution is -2.67. The summed E-state index contributed by atoms with van der Waals surface area (Å²) in [6, 6.07) is 2.45. The number of anilines is 1. The van der Waals surface area contributed by atoms with E-state index in [-0.39, 0.29) is 29.8 Å². The minimum Gasteiger partial charge on any atom is -0.481 e. The van der Waals surface area contributed by atoms with Gasteiger partial charge in [-0.1, -0.05) is 0 Å². The molecular weight excluding hydrogens is 473 g/mol. The Labute approximate surface area is 209 Å². The number of nitrogens with one attached hydrogen (secondary N) is 1. The van der Waals surface area contributed by atoms with E-state index in [0.29, 0.717) is 44.2 Å². The van der Waals surface area contributed by atoms with Crippen LogP contribution in [0.1, 0.15) is 58.4 Å². The van der Waals surface area contributed by atoms with Gasteiger partial charge in [-0.2, -0.15) is 13.2 Å². The number of nitrogens with zero attached hydrogens (tertiary/aromatic N) is 3. The summed E-state index contributed by atoms with van der Waals surface area (Å²) in [5.41, 5.74) is -2.15. The van der Waals surface area contributed by atoms with Gasteiger partial charge in [-0.3, -0.25) is 14.5 Å². The van der Waals surface area contributed by atoms with Gasteiger partial charge in [0.2, 0.25) is 5.91 Å². The highest BCUT2D eigenvalue weighted by Gasteiger charge is 2.59. The van der Waals surface area contributed by atoms with Gasteiger partial charge >= 0.3 is 12.1 Å². The third-order valence-electron chi connectivity index (χ3n) is 9.37. The minimum atomic E-state index is -4.42. The molecule has 1 aliphatic heterocycles. The zero-order valence-electron chi connectivity index (χ0n) is 21.0. The molecule has 1 saturated heterocycles. The van der Waals surface area contributed by atoms with Crippen LogP contribution in [0.4, 0.5) is 19.0 Å². The van der Waals surface area contributed by atoms with Crippen molar-refractivity contribution in [3.8, 4) is 0 Å². The molecule has 1 amide bonds. The molecule has 2 heterocycles. The average molecular weight is 509 g/mol. The van der Waals surface area contributed by atoms with Crippen LogP contribution < -0.4 is 10.2 Å². The van der Waals surface area contributed by atoms with Gasteiger partial charge in [0, 0.05) is 37.9 Å². The van der Waals surface area contributed by atoms with E-state index in [1.54, 1.807) is 0 Å². The van der Waals surface area contributed by atoms with Crippen molar-refractivity contribution in [3.63, 3.8) is 0 Å². The Balaban J connectivity index is 1.22. The van der Waals surface area contributed by atoms with Crippen LogP contribution in [0.25, 0.3) is 0 Å². The third-order valence-corrected chi connectivity index (χ3v) is 9.37. The molecule has 198 valence electrons. The summed E-state index contributed by atoms with van der Waals surface area (Å²) in [6.45, 7) is 7.52. The molecule has 3 unspecified atom stereocenters. The van der Waals surface area contributed by atoms with E-state index in [1.165, 1.54) is 6.07 Å². The van der Waals surface area contributed by atoms with Crippen molar-refractivity contribution >= 4 is 17.7 Å². The normalized spacial score (nSPS) is 34.6. The predicted octanol–water partition coefficient (Wildman–Crippen LogP) is 3.79. The summed E-state index contributed by atoms with van der Waals surface area (Å²) in [6.07, 6.45) is 0.508. The lowest BCUT2D eigenvalue weighted by atomic mass is 9.48. The molecule has 4 bridgehead atoms. The molecule has 7 nitrogen and oxygen atoms in total. The van der Waals surface area contributed by atoms with Crippen molar-refractivity contribution in [2.24, 2.45) is 23.2 Å². The van der Waals surface area contributed by atoms with E-state index < -0.39 is 28.7 Å². The van der Waals surface area contributed by atoms with E-state index in [1.807, 2.05) is 25.7 Å². The first kappa shape index (κ1) is 25.3. The fourth-order valence-electron chi connectivity index (χ4n) is 7.52. The van der Waals surface area contributed by atoms with Gasteiger partial charge in [0.15, 0.2) is 0 Å². The Morgan fingerprint density at radius 3 is 2.31 bits per heavy atom. The lowest BCUT2D eigenvalue weighted by Gasteiger charge is -2.58. The Bertz CT molecular complexity index is 1010. The van der Waals surface area contributed by atoms with Crippen LogP contribution >= 0.6 is 0 Å². The van der Waals surface area contributed by atoms with Crippen molar-refractivity contribution in [3.05, 3.63) is 23.9 Å². The average Bonchev–Trinajstić information content (AvgIpc) is 2.80. The largest absolute Gasteiger partial charge is 0.481 e. The molecule has 3 atom stereocenters. The molecule has 5 aliphatic rings. The van der Waals surface area contributed by atoms with Crippen molar-refractivity contribution in [2.75, 3.05) is 24.5 Å². The summed E-state index contributed by atoms with van der Waals surface area (Å²) in [4.78, 5) is 33.7. The topological polar surface area (TPSA) is 85.8 Å². The molecule has 6 rings (SSSR count). The minimum absolute atomic E-state index is 0.0239. The van der Waals surface area contributed by atoms with Crippen LogP contribution in [0.15, 0.2) is 18.3 Å². The molecule has 10 heteroatoms. The number of carboxylic acid groups (broad SMARTS) is 1. The maximum atomic E-state index is 13.6. The summed E-state index contributed by atoms with van der Waals surface area (Å²) < 4.78 is 38.7. The number of halogens is 3. The molecule has 0 aromatic carbocycles. The molecule has 0 spiro atoms. The van der Waals surface area contributed by atoms with Crippen LogP contribution in [0.5, 0.6) is 0 Å². The second-order valence-corrected chi connectivity index (χ2v) is 12.0. The Hall–Kier alpha value is -2.36.